The van der Waals surface area contributed by atoms with Crippen LogP contribution in [0.2, 0.25) is 0 Å². The molecule has 4 rings (SSSR count). The molecular formula is C15H15N3O4S2. The van der Waals surface area contributed by atoms with Crippen LogP contribution < -0.4 is 4.72 Å². The molecule has 1 aromatic carbocycles. The van der Waals surface area contributed by atoms with E-state index in [-0.39, 0.29) is 11.4 Å². The summed E-state index contributed by atoms with van der Waals surface area (Å²) < 4.78 is 41.3. The number of nitrogens with zero attached hydrogens (tertiary/aromatic N) is 2. The van der Waals surface area contributed by atoms with Gasteiger partial charge in [-0.15, -0.1) is 0 Å². The van der Waals surface area contributed by atoms with E-state index in [9.17, 15) is 13.5 Å². The monoisotopic (exact) mass is 365 g/mol. The van der Waals surface area contributed by atoms with Crippen molar-refractivity contribution in [2.45, 2.75) is 29.8 Å². The second kappa shape index (κ2) is 5.62. The smallest absolute Gasteiger partial charge is 0.242 e. The first-order valence-electron chi connectivity index (χ1n) is 7.50. The Labute approximate surface area is 142 Å². The number of fused-ring (bicyclic) bond motifs is 2. The van der Waals surface area contributed by atoms with Gasteiger partial charge in [0.05, 0.1) is 18.0 Å². The van der Waals surface area contributed by atoms with Crippen molar-refractivity contribution in [3.8, 4) is 0 Å². The molecule has 1 aliphatic rings. The molecule has 2 aromatic heterocycles. The highest BCUT2D eigenvalue weighted by atomic mass is 32.2. The number of sulfonamides is 1. The van der Waals surface area contributed by atoms with Gasteiger partial charge in [-0.1, -0.05) is 6.07 Å². The van der Waals surface area contributed by atoms with E-state index in [1.807, 2.05) is 0 Å². The zero-order valence-corrected chi connectivity index (χ0v) is 14.2. The number of furan rings is 1. The average molecular weight is 365 g/mol. The van der Waals surface area contributed by atoms with Gasteiger partial charge in [0, 0.05) is 18.5 Å². The van der Waals surface area contributed by atoms with Gasteiger partial charge in [0.2, 0.25) is 10.0 Å². The number of aliphatic hydroxyl groups is 1. The third kappa shape index (κ3) is 2.53. The van der Waals surface area contributed by atoms with E-state index in [0.29, 0.717) is 28.8 Å². The molecule has 2 heterocycles. The van der Waals surface area contributed by atoms with Crippen LogP contribution in [0.1, 0.15) is 24.2 Å². The Balaban J connectivity index is 1.63. The largest absolute Gasteiger partial charge is 0.469 e. The minimum Gasteiger partial charge on any atom is -0.469 e. The molecule has 0 spiro atoms. The zero-order valence-electron chi connectivity index (χ0n) is 12.6. The molecule has 1 atom stereocenters. The van der Waals surface area contributed by atoms with Crippen LogP contribution in [0.5, 0.6) is 0 Å². The molecule has 1 unspecified atom stereocenters. The molecule has 0 fully saturated rings. The first-order chi connectivity index (χ1) is 11.5. The number of nitrogens with one attached hydrogen (secondary N) is 1. The molecular weight excluding hydrogens is 350 g/mol. The Hall–Kier alpha value is -1.81. The third-order valence-corrected chi connectivity index (χ3v) is 6.31. The van der Waals surface area contributed by atoms with Crippen LogP contribution in [0.25, 0.3) is 11.0 Å². The summed E-state index contributed by atoms with van der Waals surface area (Å²) in [5.41, 5.74) is 0.276. The predicted octanol–water partition coefficient (Wildman–Crippen LogP) is 1.79. The minimum absolute atomic E-state index is 0.0700. The molecule has 1 aliphatic carbocycles. The van der Waals surface area contributed by atoms with Crippen molar-refractivity contribution in [3.05, 3.63) is 41.9 Å². The normalized spacial score (nSPS) is 21.0. The summed E-state index contributed by atoms with van der Waals surface area (Å²) in [5, 5.41) is 10.9. The highest BCUT2D eigenvalue weighted by Gasteiger charge is 2.37. The van der Waals surface area contributed by atoms with Crippen LogP contribution in [0, 0.1) is 0 Å². The second-order valence-corrected chi connectivity index (χ2v) is 8.12. The molecule has 3 aromatic rings. The SMILES string of the molecule is O=S(=O)(NCC1(O)CCCc2occc21)c1cccc2nsnc12. The Morgan fingerprint density at radius 3 is 3.08 bits per heavy atom. The van der Waals surface area contributed by atoms with Gasteiger partial charge in [0.1, 0.15) is 27.3 Å². The average Bonchev–Trinajstić information content (AvgIpc) is 3.22. The Morgan fingerprint density at radius 1 is 1.33 bits per heavy atom. The fourth-order valence-electron chi connectivity index (χ4n) is 3.10. The van der Waals surface area contributed by atoms with Crippen molar-refractivity contribution in [1.29, 1.82) is 0 Å². The van der Waals surface area contributed by atoms with Crippen LogP contribution in [-0.4, -0.2) is 28.8 Å². The van der Waals surface area contributed by atoms with Crippen molar-refractivity contribution >= 4 is 32.8 Å². The molecule has 0 aliphatic heterocycles. The molecule has 0 bridgehead atoms. The molecule has 0 saturated carbocycles. The van der Waals surface area contributed by atoms with Gasteiger partial charge in [-0.2, -0.15) is 8.75 Å². The van der Waals surface area contributed by atoms with Crippen molar-refractivity contribution in [1.82, 2.24) is 13.5 Å². The molecule has 24 heavy (non-hydrogen) atoms. The van der Waals surface area contributed by atoms with Crippen LogP contribution in [0.15, 0.2) is 39.8 Å². The number of aryl methyl sites for hydroxylation is 1. The summed E-state index contributed by atoms with van der Waals surface area (Å²) in [7, 11) is -3.82. The molecule has 9 heteroatoms. The number of benzene rings is 1. The van der Waals surface area contributed by atoms with E-state index in [2.05, 4.69) is 13.5 Å². The quantitative estimate of drug-likeness (QED) is 0.730. The molecule has 0 saturated heterocycles. The highest BCUT2D eigenvalue weighted by molar-refractivity contribution is 7.89. The van der Waals surface area contributed by atoms with E-state index in [0.717, 1.165) is 24.6 Å². The summed E-state index contributed by atoms with van der Waals surface area (Å²) in [6, 6.07) is 6.53. The van der Waals surface area contributed by atoms with E-state index in [4.69, 9.17) is 4.42 Å². The summed E-state index contributed by atoms with van der Waals surface area (Å²) in [6.07, 6.45) is 3.49. The molecule has 126 valence electrons. The molecule has 7 nitrogen and oxygen atoms in total. The first kappa shape index (κ1) is 15.7. The van der Waals surface area contributed by atoms with Crippen LogP contribution in [-0.2, 0) is 22.0 Å². The van der Waals surface area contributed by atoms with Gasteiger partial charge < -0.3 is 9.52 Å². The number of hydrogen-bond donors (Lipinski definition) is 2. The number of hydrogen-bond acceptors (Lipinski definition) is 7. The lowest BCUT2D eigenvalue weighted by Gasteiger charge is -2.31. The van der Waals surface area contributed by atoms with E-state index < -0.39 is 15.6 Å². The van der Waals surface area contributed by atoms with Crippen LogP contribution in [0.4, 0.5) is 0 Å². The summed E-state index contributed by atoms with van der Waals surface area (Å²) >= 11 is 0.966. The lowest BCUT2D eigenvalue weighted by atomic mass is 9.83. The number of aromatic nitrogens is 2. The maximum Gasteiger partial charge on any atom is 0.242 e. The summed E-state index contributed by atoms with van der Waals surface area (Å²) in [4.78, 5) is 0.0700. The van der Waals surface area contributed by atoms with Crippen molar-refractivity contribution in [3.63, 3.8) is 0 Å². The Morgan fingerprint density at radius 2 is 2.21 bits per heavy atom. The third-order valence-electron chi connectivity index (χ3n) is 4.33. The number of rotatable bonds is 4. The topological polar surface area (TPSA) is 105 Å². The minimum atomic E-state index is -3.82. The molecule has 2 N–H and O–H groups in total. The van der Waals surface area contributed by atoms with E-state index in [1.54, 1.807) is 18.2 Å². The Kier molecular flexibility index (Phi) is 3.68. The van der Waals surface area contributed by atoms with Crippen LogP contribution >= 0.6 is 11.7 Å². The fraction of sp³-hybridized carbons (Fsp3) is 0.333. The van der Waals surface area contributed by atoms with Gasteiger partial charge >= 0.3 is 0 Å². The maximum atomic E-state index is 12.7. The highest BCUT2D eigenvalue weighted by Crippen LogP contribution is 2.36. The van der Waals surface area contributed by atoms with Crippen LogP contribution in [0.3, 0.4) is 0 Å². The Bertz CT molecular complexity index is 995. The van der Waals surface area contributed by atoms with Gasteiger partial charge in [-0.05, 0) is 31.0 Å². The van der Waals surface area contributed by atoms with Crippen molar-refractivity contribution in [2.75, 3.05) is 6.54 Å². The first-order valence-corrected chi connectivity index (χ1v) is 9.71. The van der Waals surface area contributed by atoms with Gasteiger partial charge in [-0.25, -0.2) is 13.1 Å². The fourth-order valence-corrected chi connectivity index (χ4v) is 4.95. The lowest BCUT2D eigenvalue weighted by molar-refractivity contribution is 0.0221. The summed E-state index contributed by atoms with van der Waals surface area (Å²) in [5.74, 6) is 0.716. The maximum absolute atomic E-state index is 12.7. The standard InChI is InChI=1S/C15H15N3O4S2/c19-15(7-2-4-12-10(15)6-8-22-12)9-16-24(20,21)13-5-1-3-11-14(13)18-23-17-11/h1,3,5-6,8,16,19H,2,4,7,9H2. The lowest BCUT2D eigenvalue weighted by Crippen LogP contribution is -2.42. The molecule has 0 radical (unpaired) electrons. The van der Waals surface area contributed by atoms with Crippen molar-refractivity contribution in [2.24, 2.45) is 0 Å². The van der Waals surface area contributed by atoms with E-state index in [1.165, 1.54) is 12.3 Å². The summed E-state index contributed by atoms with van der Waals surface area (Å²) in [6.45, 7) is -0.115. The van der Waals surface area contributed by atoms with E-state index >= 15 is 0 Å². The zero-order chi connectivity index (χ0) is 16.8. The predicted molar refractivity (Wildman–Crippen MR) is 88.1 cm³/mol. The van der Waals surface area contributed by atoms with Crippen molar-refractivity contribution < 1.29 is 17.9 Å². The molecule has 0 amide bonds. The van der Waals surface area contributed by atoms with Gasteiger partial charge in [0.15, 0.2) is 0 Å². The second-order valence-electron chi connectivity index (χ2n) is 5.86. The van der Waals surface area contributed by atoms with Gasteiger partial charge in [-0.3, -0.25) is 0 Å². The van der Waals surface area contributed by atoms with Gasteiger partial charge in [0.25, 0.3) is 0 Å².